The Morgan fingerprint density at radius 2 is 1.28 bits per heavy atom. The molecule has 1 atom stereocenters. The second-order valence-corrected chi connectivity index (χ2v) is 11.6. The number of nitrogens with one attached hydrogen (secondary N) is 1. The quantitative estimate of drug-likeness (QED) is 0.209. The summed E-state index contributed by atoms with van der Waals surface area (Å²) < 4.78 is 29.6. The van der Waals surface area contributed by atoms with E-state index in [1.165, 1.54) is 19.9 Å². The van der Waals surface area contributed by atoms with Crippen molar-refractivity contribution in [1.82, 2.24) is 5.32 Å². The molecular weight excluding hydrogens is 665 g/mol. The van der Waals surface area contributed by atoms with Crippen LogP contribution < -0.4 is 5.32 Å². The molecule has 0 aliphatic carbocycles. The topological polar surface area (TPSA) is 63.2 Å². The Morgan fingerprint density at radius 3 is 1.62 bits per heavy atom. The average Bonchev–Trinajstić information content (AvgIpc) is 3.51. The van der Waals surface area contributed by atoms with Crippen molar-refractivity contribution in [3.05, 3.63) is 106 Å². The van der Waals surface area contributed by atoms with Gasteiger partial charge in [-0.3, -0.25) is 9.59 Å². The zero-order valence-electron chi connectivity index (χ0n) is 36.6. The van der Waals surface area contributed by atoms with Gasteiger partial charge in [0, 0.05) is 29.7 Å². The molecule has 0 saturated carbocycles. The van der Waals surface area contributed by atoms with E-state index in [4.69, 9.17) is 0 Å². The van der Waals surface area contributed by atoms with Crippen LogP contribution in [0.25, 0.3) is 22.3 Å². The molecule has 3 aromatic rings. The molecule has 6 heteroatoms. The molecule has 4 rings (SSSR count). The van der Waals surface area contributed by atoms with Gasteiger partial charge in [-0.05, 0) is 113 Å². The number of carbonyl (C=O) groups excluding carboxylic acids is 3. The summed E-state index contributed by atoms with van der Waals surface area (Å²) in [7, 11) is 0. The van der Waals surface area contributed by atoms with Crippen LogP contribution in [0.1, 0.15) is 133 Å². The third-order valence-electron chi connectivity index (χ3n) is 7.29. The molecule has 0 radical (unpaired) electrons. The zero-order chi connectivity index (χ0) is 42.4. The number of rotatable bonds is 5. The van der Waals surface area contributed by atoms with Gasteiger partial charge in [0.1, 0.15) is 17.4 Å². The third-order valence-corrected chi connectivity index (χ3v) is 7.29. The van der Waals surface area contributed by atoms with E-state index in [0.29, 0.717) is 34.6 Å². The fraction of sp³-hybridized carbons (Fsp3) is 0.468. The summed E-state index contributed by atoms with van der Waals surface area (Å²) in [6.45, 7) is 38.7. The van der Waals surface area contributed by atoms with Gasteiger partial charge in [-0.1, -0.05) is 124 Å². The highest BCUT2D eigenvalue weighted by Crippen LogP contribution is 2.34. The van der Waals surface area contributed by atoms with E-state index in [1.54, 1.807) is 25.1 Å². The van der Waals surface area contributed by atoms with Crippen LogP contribution in [0.2, 0.25) is 0 Å². The highest BCUT2D eigenvalue weighted by Gasteiger charge is 2.16. The van der Waals surface area contributed by atoms with Crippen molar-refractivity contribution in [3.8, 4) is 22.3 Å². The number of carbonyl (C=O) groups is 3. The van der Waals surface area contributed by atoms with Crippen LogP contribution in [0, 0.1) is 38.3 Å². The van der Waals surface area contributed by atoms with Gasteiger partial charge in [0.2, 0.25) is 5.91 Å². The van der Waals surface area contributed by atoms with E-state index in [0.717, 1.165) is 46.4 Å². The average molecular weight is 738 g/mol. The van der Waals surface area contributed by atoms with Crippen LogP contribution >= 0.6 is 0 Å². The summed E-state index contributed by atoms with van der Waals surface area (Å²) in [4.78, 5) is 30.5. The molecule has 4 nitrogen and oxygen atoms in total. The van der Waals surface area contributed by atoms with Crippen LogP contribution in [0.5, 0.6) is 0 Å². The lowest BCUT2D eigenvalue weighted by Gasteiger charge is -2.14. The molecule has 1 saturated heterocycles. The minimum atomic E-state index is -0.306. The lowest BCUT2D eigenvalue weighted by atomic mass is 9.92. The highest BCUT2D eigenvalue weighted by atomic mass is 19.1. The highest BCUT2D eigenvalue weighted by molar-refractivity contribution is 5.97. The Hall–Kier alpha value is -4.19. The van der Waals surface area contributed by atoms with Gasteiger partial charge in [-0.15, -0.1) is 0 Å². The Bertz CT molecular complexity index is 1510. The molecular formula is C47H73F2NO3. The van der Waals surface area contributed by atoms with Crippen molar-refractivity contribution in [2.45, 2.75) is 137 Å². The summed E-state index contributed by atoms with van der Waals surface area (Å²) in [6.07, 6.45) is 3.13. The molecule has 1 aliphatic rings. The SMILES string of the molecule is C=C(C)/C(=C/C)C(C)=O.CC.CC.CC.CC.CC(C)=O.CC1CNC(=O)C1.CCc1c(C)cc(-c2cccc(-c3cccc(C)c3C)c2F)cc1F. The fourth-order valence-corrected chi connectivity index (χ4v) is 4.88. The van der Waals surface area contributed by atoms with E-state index < -0.39 is 0 Å². The summed E-state index contributed by atoms with van der Waals surface area (Å²) in [5, 5.41) is 2.73. The normalized spacial score (nSPS) is 12.0. The lowest BCUT2D eigenvalue weighted by molar-refractivity contribution is -0.119. The first-order valence-corrected chi connectivity index (χ1v) is 19.3. The first-order valence-electron chi connectivity index (χ1n) is 19.3. The van der Waals surface area contributed by atoms with Crippen LogP contribution in [0.15, 0.2) is 72.3 Å². The molecule has 0 aromatic heterocycles. The summed E-state index contributed by atoms with van der Waals surface area (Å²) in [5.74, 6) is 0.443. The van der Waals surface area contributed by atoms with Crippen molar-refractivity contribution in [2.75, 3.05) is 6.54 Å². The van der Waals surface area contributed by atoms with Gasteiger partial charge >= 0.3 is 0 Å². The van der Waals surface area contributed by atoms with E-state index in [-0.39, 0.29) is 29.1 Å². The van der Waals surface area contributed by atoms with E-state index in [1.807, 2.05) is 127 Å². The maximum atomic E-state index is 15.3. The lowest BCUT2D eigenvalue weighted by Crippen LogP contribution is -2.13. The van der Waals surface area contributed by atoms with E-state index in [9.17, 15) is 18.8 Å². The number of benzene rings is 3. The fourth-order valence-electron chi connectivity index (χ4n) is 4.88. The maximum absolute atomic E-state index is 15.3. The predicted octanol–water partition coefficient (Wildman–Crippen LogP) is 13.7. The third kappa shape index (κ3) is 21.2. The molecule has 1 aliphatic heterocycles. The predicted molar refractivity (Wildman–Crippen MR) is 229 cm³/mol. The van der Waals surface area contributed by atoms with Crippen LogP contribution in [0.4, 0.5) is 8.78 Å². The van der Waals surface area contributed by atoms with Gasteiger partial charge in [-0.2, -0.15) is 0 Å². The maximum Gasteiger partial charge on any atom is 0.220 e. The number of allylic oxidation sites excluding steroid dienone is 3. The number of halogens is 2. The van der Waals surface area contributed by atoms with Crippen molar-refractivity contribution in [3.63, 3.8) is 0 Å². The molecule has 1 heterocycles. The second-order valence-electron chi connectivity index (χ2n) is 11.6. The molecule has 1 fully saturated rings. The van der Waals surface area contributed by atoms with Crippen LogP contribution in [-0.2, 0) is 20.8 Å². The molecule has 53 heavy (non-hydrogen) atoms. The summed E-state index contributed by atoms with van der Waals surface area (Å²) in [5.41, 5.74) is 7.74. The largest absolute Gasteiger partial charge is 0.356 e. The zero-order valence-corrected chi connectivity index (χ0v) is 36.6. The Balaban J connectivity index is -0.000000352. The van der Waals surface area contributed by atoms with Crippen molar-refractivity contribution >= 4 is 17.5 Å². The van der Waals surface area contributed by atoms with E-state index >= 15 is 4.39 Å². The van der Waals surface area contributed by atoms with Crippen molar-refractivity contribution < 1.29 is 23.2 Å². The molecule has 0 spiro atoms. The smallest absolute Gasteiger partial charge is 0.220 e. The first kappa shape index (κ1) is 55.6. The molecule has 0 bridgehead atoms. The number of ketones is 2. The van der Waals surface area contributed by atoms with E-state index in [2.05, 4.69) is 18.8 Å². The van der Waals surface area contributed by atoms with Gasteiger partial charge in [0.25, 0.3) is 0 Å². The number of amides is 1. The van der Waals surface area contributed by atoms with Crippen molar-refractivity contribution in [2.24, 2.45) is 5.92 Å². The van der Waals surface area contributed by atoms with Gasteiger partial charge in [0.15, 0.2) is 5.78 Å². The molecule has 1 N–H and O–H groups in total. The Labute approximate surface area is 323 Å². The summed E-state index contributed by atoms with van der Waals surface area (Å²) >= 11 is 0. The molecule has 298 valence electrons. The number of hydrogen-bond acceptors (Lipinski definition) is 3. The van der Waals surface area contributed by atoms with Crippen LogP contribution in [-0.4, -0.2) is 24.0 Å². The van der Waals surface area contributed by atoms with Gasteiger partial charge < -0.3 is 10.1 Å². The van der Waals surface area contributed by atoms with Gasteiger partial charge in [0.05, 0.1) is 0 Å². The summed E-state index contributed by atoms with van der Waals surface area (Å²) in [6, 6.07) is 14.5. The molecule has 1 amide bonds. The van der Waals surface area contributed by atoms with Gasteiger partial charge in [-0.25, -0.2) is 8.78 Å². The molecule has 3 aromatic carbocycles. The first-order chi connectivity index (χ1) is 25.0. The number of aryl methyl sites for hydroxylation is 2. The number of Topliss-reactive ketones (excluding diaryl/α,β-unsaturated/α-hetero) is 2. The minimum Gasteiger partial charge on any atom is -0.356 e. The minimum absolute atomic E-state index is 0.0880. The number of hydrogen-bond donors (Lipinski definition) is 1. The van der Waals surface area contributed by atoms with Crippen molar-refractivity contribution in [1.29, 1.82) is 0 Å². The monoisotopic (exact) mass is 738 g/mol. The standard InChI is InChI=1S/C23H22F2.C8H12O.C5H9NO.C3H6O.4C2H6/c1-5-18-15(3)12-17(13-22(18)24)20-10-7-11-21(23(20)25)19-9-6-8-14(2)16(19)4;1-5-8(6(2)3)7(4)9;1-4-2-5(7)6-3-4;1-3(2)4;4*1-2/h6-13H,5H2,1-4H3;5H,2H2,1,3-4H3;4H,2-3H2,1H3,(H,6,7);1-2H3;4*1-2H3/b;8-5-;;;;;;. The Kier molecular flexibility index (Phi) is 34.0. The molecule has 1 unspecified atom stereocenters. The Morgan fingerprint density at radius 1 is 0.811 bits per heavy atom. The van der Waals surface area contributed by atoms with Crippen LogP contribution in [0.3, 0.4) is 0 Å². The second kappa shape index (κ2) is 32.5.